The van der Waals surface area contributed by atoms with Crippen molar-refractivity contribution in [2.45, 2.75) is 38.5 Å². The molecule has 0 aliphatic heterocycles. The summed E-state index contributed by atoms with van der Waals surface area (Å²) in [7, 11) is 0. The maximum atomic E-state index is 15.3. The maximum Gasteiger partial charge on any atom is 0.343 e. The van der Waals surface area contributed by atoms with Gasteiger partial charge in [-0.25, -0.2) is 13.2 Å². The zero-order chi connectivity index (χ0) is 25.5. The van der Waals surface area contributed by atoms with Gasteiger partial charge in [0.25, 0.3) is 0 Å². The van der Waals surface area contributed by atoms with Gasteiger partial charge in [-0.05, 0) is 67.1 Å². The minimum absolute atomic E-state index is 0.0683. The molecular formula is C26H21F7O2. The molecule has 35 heavy (non-hydrogen) atoms. The zero-order valence-electron chi connectivity index (χ0n) is 18.8. The third-order valence-corrected chi connectivity index (χ3v) is 5.94. The minimum Gasteiger partial charge on any atom is -0.494 e. The number of rotatable bonds is 7. The predicted molar refractivity (Wildman–Crippen MR) is 116 cm³/mol. The highest BCUT2D eigenvalue weighted by atomic mass is 19.3. The Hall–Kier alpha value is -3.23. The molecule has 0 saturated carbocycles. The number of hydrogen-bond acceptors (Lipinski definition) is 2. The fraction of sp³-hybridized carbons (Fsp3) is 0.308. The van der Waals surface area contributed by atoms with Crippen molar-refractivity contribution in [1.82, 2.24) is 0 Å². The van der Waals surface area contributed by atoms with Crippen molar-refractivity contribution in [3.8, 4) is 22.6 Å². The Bertz CT molecular complexity index is 1270. The van der Waals surface area contributed by atoms with Gasteiger partial charge in [0.2, 0.25) is 0 Å². The Morgan fingerprint density at radius 3 is 1.80 bits per heavy atom. The SMILES string of the molecule is CCOc1ccc(CCc2ccc3c(c2F)C(F)(F)C(F)(F)c2c-3ccc(OCC)c2F)c(F)c1. The smallest absolute Gasteiger partial charge is 0.343 e. The van der Waals surface area contributed by atoms with Crippen molar-refractivity contribution < 1.29 is 40.2 Å². The van der Waals surface area contributed by atoms with Crippen molar-refractivity contribution >= 4 is 0 Å². The Kier molecular flexibility index (Phi) is 6.46. The summed E-state index contributed by atoms with van der Waals surface area (Å²) in [6, 6.07) is 8.37. The summed E-state index contributed by atoms with van der Waals surface area (Å²) in [5, 5.41) is 0. The van der Waals surface area contributed by atoms with E-state index in [9.17, 15) is 17.6 Å². The number of alkyl halides is 4. The summed E-state index contributed by atoms with van der Waals surface area (Å²) in [6.45, 7) is 3.48. The normalized spacial score (nSPS) is 15.3. The van der Waals surface area contributed by atoms with E-state index in [1.165, 1.54) is 19.1 Å². The van der Waals surface area contributed by atoms with E-state index in [1.807, 2.05) is 0 Å². The molecule has 0 bridgehead atoms. The van der Waals surface area contributed by atoms with Crippen LogP contribution in [0.25, 0.3) is 11.1 Å². The van der Waals surface area contributed by atoms with Gasteiger partial charge in [0.1, 0.15) is 17.4 Å². The maximum absolute atomic E-state index is 15.3. The van der Waals surface area contributed by atoms with Crippen LogP contribution >= 0.6 is 0 Å². The highest BCUT2D eigenvalue weighted by Crippen LogP contribution is 2.60. The Labute approximate surface area is 197 Å². The molecule has 0 radical (unpaired) electrons. The summed E-state index contributed by atoms with van der Waals surface area (Å²) in [5.74, 6) is -14.1. The quantitative estimate of drug-likeness (QED) is 0.313. The predicted octanol–water partition coefficient (Wildman–Crippen LogP) is 7.55. The van der Waals surface area contributed by atoms with E-state index in [-0.39, 0.29) is 30.6 Å². The van der Waals surface area contributed by atoms with Crippen LogP contribution in [0.4, 0.5) is 30.7 Å². The van der Waals surface area contributed by atoms with Gasteiger partial charge in [-0.2, -0.15) is 17.6 Å². The third kappa shape index (κ3) is 4.00. The minimum atomic E-state index is -5.04. The summed E-state index contributed by atoms with van der Waals surface area (Å²) >= 11 is 0. The zero-order valence-corrected chi connectivity index (χ0v) is 18.8. The molecule has 1 aliphatic carbocycles. The fourth-order valence-electron chi connectivity index (χ4n) is 4.27. The first kappa shape index (κ1) is 24.9. The van der Waals surface area contributed by atoms with E-state index < -0.39 is 57.3 Å². The van der Waals surface area contributed by atoms with E-state index >= 15 is 13.2 Å². The molecule has 0 fully saturated rings. The van der Waals surface area contributed by atoms with Gasteiger partial charge in [0, 0.05) is 6.07 Å². The molecule has 186 valence electrons. The first-order chi connectivity index (χ1) is 16.5. The van der Waals surface area contributed by atoms with Crippen LogP contribution in [0.5, 0.6) is 11.5 Å². The second kappa shape index (κ2) is 9.09. The number of fused-ring (bicyclic) bond motifs is 3. The lowest BCUT2D eigenvalue weighted by Gasteiger charge is -2.35. The van der Waals surface area contributed by atoms with E-state index in [0.717, 1.165) is 30.3 Å². The first-order valence-electron chi connectivity index (χ1n) is 11.0. The fourth-order valence-corrected chi connectivity index (χ4v) is 4.27. The Balaban J connectivity index is 1.76. The number of benzene rings is 3. The average Bonchev–Trinajstić information content (AvgIpc) is 2.79. The third-order valence-electron chi connectivity index (χ3n) is 5.94. The molecule has 0 amide bonds. The topological polar surface area (TPSA) is 18.5 Å². The number of aryl methyl sites for hydroxylation is 2. The van der Waals surface area contributed by atoms with Gasteiger partial charge in [-0.3, -0.25) is 0 Å². The lowest BCUT2D eigenvalue weighted by molar-refractivity contribution is -0.228. The molecule has 4 rings (SSSR count). The van der Waals surface area contributed by atoms with Crippen molar-refractivity contribution in [2.24, 2.45) is 0 Å². The van der Waals surface area contributed by atoms with Crippen LogP contribution in [-0.2, 0) is 24.7 Å². The molecule has 9 heteroatoms. The largest absolute Gasteiger partial charge is 0.494 e. The molecule has 0 atom stereocenters. The van der Waals surface area contributed by atoms with E-state index in [4.69, 9.17) is 9.47 Å². The van der Waals surface area contributed by atoms with E-state index in [1.54, 1.807) is 6.92 Å². The van der Waals surface area contributed by atoms with Gasteiger partial charge < -0.3 is 9.47 Å². The second-order valence-electron chi connectivity index (χ2n) is 8.03. The monoisotopic (exact) mass is 498 g/mol. The van der Waals surface area contributed by atoms with Crippen molar-refractivity contribution in [1.29, 1.82) is 0 Å². The van der Waals surface area contributed by atoms with Crippen molar-refractivity contribution in [2.75, 3.05) is 13.2 Å². The molecular weight excluding hydrogens is 477 g/mol. The van der Waals surface area contributed by atoms with Crippen LogP contribution in [0.1, 0.15) is 36.1 Å². The standard InChI is InChI=1S/C26H21F7O2/c1-3-34-16-9-7-14(19(27)13-16)5-6-15-8-10-17-18-11-12-20(35-4-2)24(29)22(18)26(32,33)25(30,31)21(17)23(15)28/h7-13H,3-6H2,1-2H3. The molecule has 2 nitrogen and oxygen atoms in total. The highest BCUT2D eigenvalue weighted by Gasteiger charge is 2.65. The molecule has 0 unspecified atom stereocenters. The van der Waals surface area contributed by atoms with Gasteiger partial charge in [-0.1, -0.05) is 18.2 Å². The summed E-state index contributed by atoms with van der Waals surface area (Å²) in [4.78, 5) is 0. The number of ether oxygens (including phenoxy) is 2. The van der Waals surface area contributed by atoms with Gasteiger partial charge in [0.15, 0.2) is 11.6 Å². The summed E-state index contributed by atoms with van der Waals surface area (Å²) in [6.07, 6.45) is -0.297. The molecule has 0 saturated heterocycles. The Morgan fingerprint density at radius 1 is 0.657 bits per heavy atom. The molecule has 0 heterocycles. The lowest BCUT2D eigenvalue weighted by Crippen LogP contribution is -2.41. The van der Waals surface area contributed by atoms with Crippen LogP contribution in [0.15, 0.2) is 42.5 Å². The Morgan fingerprint density at radius 2 is 1.20 bits per heavy atom. The molecule has 0 aromatic heterocycles. The first-order valence-corrected chi connectivity index (χ1v) is 11.0. The molecule has 3 aromatic carbocycles. The van der Waals surface area contributed by atoms with Crippen molar-refractivity contribution in [3.63, 3.8) is 0 Å². The highest BCUT2D eigenvalue weighted by molar-refractivity contribution is 5.77. The van der Waals surface area contributed by atoms with Crippen LogP contribution in [0.2, 0.25) is 0 Å². The summed E-state index contributed by atoms with van der Waals surface area (Å²) < 4.78 is 115. The molecule has 3 aromatic rings. The van der Waals surface area contributed by atoms with Crippen molar-refractivity contribution in [3.05, 3.63) is 82.2 Å². The van der Waals surface area contributed by atoms with Crippen LogP contribution in [0, 0.1) is 17.5 Å². The molecule has 0 N–H and O–H groups in total. The van der Waals surface area contributed by atoms with Gasteiger partial charge in [-0.15, -0.1) is 0 Å². The summed E-state index contributed by atoms with van der Waals surface area (Å²) in [5.41, 5.74) is -4.24. The van der Waals surface area contributed by atoms with Gasteiger partial charge in [0.05, 0.1) is 24.3 Å². The molecule has 1 aliphatic rings. The van der Waals surface area contributed by atoms with Gasteiger partial charge >= 0.3 is 11.8 Å². The number of halogens is 7. The van der Waals surface area contributed by atoms with E-state index in [2.05, 4.69) is 0 Å². The lowest BCUT2D eigenvalue weighted by atomic mass is 9.78. The average molecular weight is 498 g/mol. The van der Waals surface area contributed by atoms with Crippen LogP contribution < -0.4 is 9.47 Å². The van der Waals surface area contributed by atoms with Crippen LogP contribution in [0.3, 0.4) is 0 Å². The molecule has 0 spiro atoms. The number of hydrogen-bond donors (Lipinski definition) is 0. The van der Waals surface area contributed by atoms with E-state index in [0.29, 0.717) is 12.4 Å². The van der Waals surface area contributed by atoms with Crippen LogP contribution in [-0.4, -0.2) is 13.2 Å². The second-order valence-corrected chi connectivity index (χ2v) is 8.03.